The normalized spacial score (nSPS) is 11.6. The second-order valence-electron chi connectivity index (χ2n) is 4.14. The molecule has 4 nitrogen and oxygen atoms in total. The Labute approximate surface area is 129 Å². The highest BCUT2D eigenvalue weighted by Crippen LogP contribution is 2.28. The van der Waals surface area contributed by atoms with Gasteiger partial charge in [-0.1, -0.05) is 30.0 Å². The zero-order valence-electron chi connectivity index (χ0n) is 11.5. The first-order valence-electron chi connectivity index (χ1n) is 6.12. The van der Waals surface area contributed by atoms with Crippen molar-refractivity contribution in [2.75, 3.05) is 5.75 Å². The Morgan fingerprint density at radius 2 is 2.05 bits per heavy atom. The molecule has 0 fully saturated rings. The molecule has 22 heavy (non-hydrogen) atoms. The van der Waals surface area contributed by atoms with Crippen LogP contribution >= 0.6 is 11.8 Å². The minimum atomic E-state index is -4.97. The minimum absolute atomic E-state index is 0.0138. The molecule has 0 spiro atoms. The van der Waals surface area contributed by atoms with Crippen molar-refractivity contribution >= 4 is 28.9 Å². The van der Waals surface area contributed by atoms with Gasteiger partial charge in [0.25, 0.3) is 0 Å². The molecule has 0 bridgehead atoms. The molecule has 120 valence electrons. The zero-order valence-corrected chi connectivity index (χ0v) is 12.3. The van der Waals surface area contributed by atoms with E-state index >= 15 is 0 Å². The standard InChI is InChI=1S/C14H13F3O4S/c1-9(18)22-7-3-2-4-10-5-6-11(13(19)20)12(8-10)21-14(15,16)17/h2,4-6,8H,3,7H2,1H3,(H,19,20). The molecule has 1 aromatic rings. The lowest BCUT2D eigenvalue weighted by atomic mass is 10.1. The summed E-state index contributed by atoms with van der Waals surface area (Å²) in [5, 5.41) is 8.84. The van der Waals surface area contributed by atoms with Gasteiger partial charge in [-0.2, -0.15) is 0 Å². The lowest BCUT2D eigenvalue weighted by molar-refractivity contribution is -0.274. The Morgan fingerprint density at radius 1 is 1.36 bits per heavy atom. The molecule has 1 rings (SSSR count). The average Bonchev–Trinajstić information content (AvgIpc) is 2.35. The quantitative estimate of drug-likeness (QED) is 0.798. The van der Waals surface area contributed by atoms with Crippen LogP contribution in [0.4, 0.5) is 13.2 Å². The summed E-state index contributed by atoms with van der Waals surface area (Å²) in [6.07, 6.45) is -1.19. The smallest absolute Gasteiger partial charge is 0.478 e. The van der Waals surface area contributed by atoms with Gasteiger partial charge in [0.1, 0.15) is 11.3 Å². The number of hydrogen-bond acceptors (Lipinski definition) is 4. The van der Waals surface area contributed by atoms with Gasteiger partial charge >= 0.3 is 12.3 Å². The van der Waals surface area contributed by atoms with Crippen molar-refractivity contribution in [3.63, 3.8) is 0 Å². The molecule has 0 amide bonds. The van der Waals surface area contributed by atoms with Crippen molar-refractivity contribution in [2.24, 2.45) is 0 Å². The fraction of sp³-hybridized carbons (Fsp3) is 0.286. The molecule has 0 aliphatic carbocycles. The molecule has 0 radical (unpaired) electrons. The molecule has 0 saturated heterocycles. The number of aromatic carboxylic acids is 1. The fourth-order valence-electron chi connectivity index (χ4n) is 1.52. The summed E-state index contributed by atoms with van der Waals surface area (Å²) in [4.78, 5) is 21.6. The van der Waals surface area contributed by atoms with Crippen LogP contribution in [0, 0.1) is 0 Å². The van der Waals surface area contributed by atoms with Gasteiger partial charge in [-0.25, -0.2) is 4.79 Å². The molecule has 1 N–H and O–H groups in total. The van der Waals surface area contributed by atoms with E-state index in [9.17, 15) is 22.8 Å². The summed E-state index contributed by atoms with van der Waals surface area (Å²) in [5.41, 5.74) is -0.196. The third-order valence-electron chi connectivity index (χ3n) is 2.36. The summed E-state index contributed by atoms with van der Waals surface area (Å²) >= 11 is 1.14. The van der Waals surface area contributed by atoms with Gasteiger partial charge in [0.15, 0.2) is 5.12 Å². The van der Waals surface area contributed by atoms with Crippen LogP contribution in [0.5, 0.6) is 5.75 Å². The van der Waals surface area contributed by atoms with Crippen LogP contribution in [-0.4, -0.2) is 28.3 Å². The van der Waals surface area contributed by atoms with Gasteiger partial charge < -0.3 is 9.84 Å². The van der Waals surface area contributed by atoms with Gasteiger partial charge in [-0.15, -0.1) is 13.2 Å². The monoisotopic (exact) mass is 334 g/mol. The Hall–Kier alpha value is -1.96. The molecule has 0 aliphatic heterocycles. The van der Waals surface area contributed by atoms with Crippen molar-refractivity contribution in [2.45, 2.75) is 19.7 Å². The highest BCUT2D eigenvalue weighted by Gasteiger charge is 2.33. The van der Waals surface area contributed by atoms with Gasteiger partial charge in [-0.3, -0.25) is 4.79 Å². The summed E-state index contributed by atoms with van der Waals surface area (Å²) in [6.45, 7) is 1.44. The maximum atomic E-state index is 12.3. The van der Waals surface area contributed by atoms with Crippen LogP contribution in [-0.2, 0) is 4.79 Å². The maximum absolute atomic E-state index is 12.3. The number of carbonyl (C=O) groups is 2. The van der Waals surface area contributed by atoms with E-state index in [0.29, 0.717) is 17.7 Å². The van der Waals surface area contributed by atoms with Crippen LogP contribution in [0.2, 0.25) is 0 Å². The predicted molar refractivity (Wildman–Crippen MR) is 76.9 cm³/mol. The van der Waals surface area contributed by atoms with Gasteiger partial charge in [0, 0.05) is 12.7 Å². The van der Waals surface area contributed by atoms with E-state index < -0.39 is 23.6 Å². The van der Waals surface area contributed by atoms with E-state index in [1.165, 1.54) is 19.1 Å². The first-order chi connectivity index (χ1) is 10.2. The molecule has 0 unspecified atom stereocenters. The summed E-state index contributed by atoms with van der Waals surface area (Å²) in [7, 11) is 0. The molecule has 1 aromatic carbocycles. The fourth-order valence-corrected chi connectivity index (χ4v) is 2.06. The maximum Gasteiger partial charge on any atom is 0.573 e. The number of carbonyl (C=O) groups excluding carboxylic acids is 1. The predicted octanol–water partition coefficient (Wildman–Crippen LogP) is 3.97. The lowest BCUT2D eigenvalue weighted by Crippen LogP contribution is -2.19. The molecule has 8 heteroatoms. The van der Waals surface area contributed by atoms with Gasteiger partial charge in [-0.05, 0) is 24.1 Å². The SMILES string of the molecule is CC(=O)SCCC=Cc1ccc(C(=O)O)c(OC(F)(F)F)c1. The molecular formula is C14H13F3O4S. The van der Waals surface area contributed by atoms with Crippen molar-refractivity contribution in [3.05, 3.63) is 35.4 Å². The number of carboxylic acids is 1. The zero-order chi connectivity index (χ0) is 16.8. The first-order valence-corrected chi connectivity index (χ1v) is 7.10. The number of ether oxygens (including phenoxy) is 1. The van der Waals surface area contributed by atoms with Crippen molar-refractivity contribution in [1.82, 2.24) is 0 Å². The van der Waals surface area contributed by atoms with Gasteiger partial charge in [0.05, 0.1) is 0 Å². The summed E-state index contributed by atoms with van der Waals surface area (Å²) in [6, 6.07) is 3.43. The van der Waals surface area contributed by atoms with Crippen molar-refractivity contribution in [1.29, 1.82) is 0 Å². The van der Waals surface area contributed by atoms with Gasteiger partial charge in [0.2, 0.25) is 0 Å². The Morgan fingerprint density at radius 3 is 2.59 bits per heavy atom. The summed E-state index contributed by atoms with van der Waals surface area (Å²) < 4.78 is 40.6. The van der Waals surface area contributed by atoms with Crippen molar-refractivity contribution < 1.29 is 32.6 Å². The van der Waals surface area contributed by atoms with E-state index in [-0.39, 0.29) is 5.12 Å². The second kappa shape index (κ2) is 7.88. The van der Waals surface area contributed by atoms with E-state index in [1.807, 2.05) is 0 Å². The first kappa shape index (κ1) is 18.1. The van der Waals surface area contributed by atoms with Crippen LogP contribution in [0.3, 0.4) is 0 Å². The number of benzene rings is 1. The molecule has 0 aliphatic rings. The highest BCUT2D eigenvalue weighted by atomic mass is 32.2. The Bertz CT molecular complexity index is 582. The number of carboxylic acid groups (broad SMARTS) is 1. The number of alkyl halides is 3. The molecular weight excluding hydrogens is 321 g/mol. The number of allylic oxidation sites excluding steroid dienone is 1. The van der Waals surface area contributed by atoms with Crippen LogP contribution in [0.1, 0.15) is 29.3 Å². The number of halogens is 3. The van der Waals surface area contributed by atoms with E-state index in [0.717, 1.165) is 23.9 Å². The number of hydrogen-bond donors (Lipinski definition) is 1. The molecule has 0 atom stereocenters. The van der Waals surface area contributed by atoms with Crippen LogP contribution in [0.15, 0.2) is 24.3 Å². The Balaban J connectivity index is 2.85. The third kappa shape index (κ3) is 6.66. The number of thioether (sulfide) groups is 1. The topological polar surface area (TPSA) is 63.6 Å². The second-order valence-corrected chi connectivity index (χ2v) is 5.41. The van der Waals surface area contributed by atoms with Crippen molar-refractivity contribution in [3.8, 4) is 5.75 Å². The average molecular weight is 334 g/mol. The molecule has 0 aromatic heterocycles. The lowest BCUT2D eigenvalue weighted by Gasteiger charge is -2.11. The van der Waals surface area contributed by atoms with E-state index in [4.69, 9.17) is 5.11 Å². The molecule has 0 saturated carbocycles. The Kier molecular flexibility index (Phi) is 6.48. The molecule has 0 heterocycles. The van der Waals surface area contributed by atoms with E-state index in [2.05, 4.69) is 4.74 Å². The van der Waals surface area contributed by atoms with E-state index in [1.54, 1.807) is 6.08 Å². The third-order valence-corrected chi connectivity index (χ3v) is 3.21. The number of rotatable bonds is 6. The van der Waals surface area contributed by atoms with Crippen LogP contribution < -0.4 is 4.74 Å². The largest absolute Gasteiger partial charge is 0.573 e. The minimum Gasteiger partial charge on any atom is -0.478 e. The highest BCUT2D eigenvalue weighted by molar-refractivity contribution is 8.13. The van der Waals surface area contributed by atoms with Crippen LogP contribution in [0.25, 0.3) is 6.08 Å². The summed E-state index contributed by atoms with van der Waals surface area (Å²) in [5.74, 6) is -1.71.